The minimum atomic E-state index is 0.835. The molecule has 0 saturated heterocycles. The van der Waals surface area contributed by atoms with Crippen LogP contribution in [0.3, 0.4) is 0 Å². The minimum absolute atomic E-state index is 0.835. The van der Waals surface area contributed by atoms with Crippen molar-refractivity contribution in [3.63, 3.8) is 0 Å². The van der Waals surface area contributed by atoms with E-state index in [1.807, 2.05) is 53.0 Å². The molecule has 0 atom stereocenters. The predicted molar refractivity (Wildman–Crippen MR) is 593 cm³/mol. The molecule has 6 aromatic heterocycles. The lowest BCUT2D eigenvalue weighted by Crippen LogP contribution is -2.11. The summed E-state index contributed by atoms with van der Waals surface area (Å²) in [4.78, 5) is 9.48. The molecule has 0 radical (unpaired) electrons. The molecule has 0 N–H and O–H groups in total. The first-order valence-electron chi connectivity index (χ1n) is 47.4. The van der Waals surface area contributed by atoms with E-state index < -0.39 is 0 Å². The summed E-state index contributed by atoms with van der Waals surface area (Å²) < 4.78 is 31.7. The first-order valence-corrected chi connectivity index (χ1v) is 49.0. The fourth-order valence-electron chi connectivity index (χ4n) is 21.8. The van der Waals surface area contributed by atoms with E-state index in [0.717, 1.165) is 189 Å². The molecule has 0 aliphatic carbocycles. The Balaban J connectivity index is 0.000000142. The lowest BCUT2D eigenvalue weighted by Gasteiger charge is -2.28. The second-order valence-corrected chi connectivity index (χ2v) is 38.0. The highest BCUT2D eigenvalue weighted by Gasteiger charge is 2.30. The molecule has 0 bridgehead atoms. The van der Waals surface area contributed by atoms with Gasteiger partial charge in [0.25, 0.3) is 0 Å². The second kappa shape index (κ2) is 32.9. The molecule has 656 valence electrons. The molecule has 0 amide bonds. The third-order valence-electron chi connectivity index (χ3n) is 28.0. The van der Waals surface area contributed by atoms with Crippen LogP contribution in [0.25, 0.3) is 205 Å². The third kappa shape index (κ3) is 13.2. The topological polar surface area (TPSA) is 65.5 Å². The van der Waals surface area contributed by atoms with Crippen LogP contribution in [0.15, 0.2) is 503 Å². The number of hydrogen-bond donors (Lipinski definition) is 0. The molecule has 29 rings (SSSR count). The van der Waals surface area contributed by atoms with E-state index in [4.69, 9.17) is 17.7 Å². The molecule has 0 aliphatic heterocycles. The van der Waals surface area contributed by atoms with E-state index in [-0.39, 0.29) is 0 Å². The summed E-state index contributed by atoms with van der Waals surface area (Å²) in [5.41, 5.74) is 26.3. The lowest BCUT2D eigenvalue weighted by atomic mass is 9.96. The summed E-state index contributed by atoms with van der Waals surface area (Å²) in [6, 6.07) is 174. The number of para-hydroxylation sites is 10. The smallest absolute Gasteiger partial charge is 0.159 e. The quantitative estimate of drug-likeness (QED) is 0.0941. The Hall–Kier alpha value is -18.1. The fraction of sp³-hybridized carbons (Fsp3) is 0. The van der Waals surface area contributed by atoms with Crippen molar-refractivity contribution in [2.75, 3.05) is 19.6 Å². The van der Waals surface area contributed by atoms with Gasteiger partial charge >= 0.3 is 0 Å². The third-order valence-corrected chi connectivity index (χ3v) is 30.4. The molecular formula is C130H80N4O4S2. The normalized spacial score (nSPS) is 11.9. The van der Waals surface area contributed by atoms with E-state index in [2.05, 4.69) is 475 Å². The first-order chi connectivity index (χ1) is 69.4. The van der Waals surface area contributed by atoms with E-state index >= 15 is 0 Å². The van der Waals surface area contributed by atoms with Gasteiger partial charge in [-0.25, -0.2) is 0 Å². The maximum Gasteiger partial charge on any atom is 0.159 e. The standard InChI is InChI=1S/C74H46N2O2S.C56H34N2O2S/c1-4-21-47(22-5-1)52-27-12-15-36-64(52)75(67-39-20-35-60-59-33-18-32-54(71(59)78-73(60)67)49-25-8-3-9-26-49)50-41-43-61-63(45-50)55-29-10-11-31-57(55)70-62-44-42-51(46-69(62)79-74(61)70)76(65-37-16-13-28-53(65)48-23-6-2-7-24-48)66-38-19-34-58-56-30-14-17-40-68(56)77-72(58)66;1-3-13-35(14-4-1)57(38-23-27-44-42-18-9-11-21-50(42)59-52(44)32-38)37-25-29-47-49(31-37)41-17-7-8-20-46(41)55-48-30-26-40(34-54(48)61-56(47)55)58(36-15-5-2-6-16-36)39-24-28-45-43-19-10-12-22-51(43)60-53(45)33-39/h1-46H;1-34H. The van der Waals surface area contributed by atoms with Gasteiger partial charge in [0.05, 0.1) is 22.7 Å². The van der Waals surface area contributed by atoms with Crippen molar-refractivity contribution in [3.05, 3.63) is 485 Å². The molecule has 8 nitrogen and oxygen atoms in total. The molecule has 10 heteroatoms. The van der Waals surface area contributed by atoms with Crippen LogP contribution >= 0.6 is 22.7 Å². The first kappa shape index (κ1) is 80.4. The number of rotatable bonds is 15. The fourth-order valence-corrected chi connectivity index (χ4v) is 24.4. The van der Waals surface area contributed by atoms with Crippen molar-refractivity contribution in [3.8, 4) is 33.4 Å². The Bertz CT molecular complexity index is 10000. The molecular weight excluding hydrogens is 1750 g/mol. The summed E-state index contributed by atoms with van der Waals surface area (Å²) in [7, 11) is 0. The average Bonchev–Trinajstić information content (AvgIpc) is 1.54. The molecule has 6 heterocycles. The number of nitrogens with zero attached hydrogens (tertiary/aromatic N) is 4. The minimum Gasteiger partial charge on any atom is -0.456 e. The SMILES string of the molecule is c1ccc(-c2ccccc2N(c2ccc3c(c2)sc2c4ccc(N(c5ccccc5-c5ccccc5)c5cccc6c5oc5c(-c7ccccc7)cccc56)cc4c4ccccc4c32)c2cccc3c2oc2ccccc23)cc1.c1ccc(N(c2ccc3c(c2)oc2ccccc23)c2ccc3c(c2)sc2c4ccc(N(c5ccccc5)c5ccc6c(c5)oc5ccccc56)cc4c4ccccc4c32)cc1. The van der Waals surface area contributed by atoms with Gasteiger partial charge in [-0.2, -0.15) is 0 Å². The van der Waals surface area contributed by atoms with Crippen LogP contribution < -0.4 is 19.6 Å². The summed E-state index contributed by atoms with van der Waals surface area (Å²) in [6.45, 7) is 0. The Kier molecular flexibility index (Phi) is 18.9. The van der Waals surface area contributed by atoms with E-state index in [9.17, 15) is 0 Å². The number of thiophene rings is 2. The number of hydrogen-bond acceptors (Lipinski definition) is 10. The molecule has 140 heavy (non-hydrogen) atoms. The van der Waals surface area contributed by atoms with E-state index in [1.54, 1.807) is 0 Å². The number of fused-ring (bicyclic) bond motifs is 28. The summed E-state index contributed by atoms with van der Waals surface area (Å²) in [5, 5.41) is 23.7. The largest absolute Gasteiger partial charge is 0.456 e. The number of furan rings is 4. The van der Waals surface area contributed by atoms with Crippen LogP contribution in [-0.2, 0) is 0 Å². The lowest BCUT2D eigenvalue weighted by molar-refractivity contribution is 0.668. The maximum atomic E-state index is 7.19. The van der Waals surface area contributed by atoms with E-state index in [0.29, 0.717) is 0 Å². The molecule has 0 saturated carbocycles. The Morgan fingerprint density at radius 1 is 0.150 bits per heavy atom. The van der Waals surface area contributed by atoms with Gasteiger partial charge in [0.1, 0.15) is 33.5 Å². The highest BCUT2D eigenvalue weighted by atomic mass is 32.1. The van der Waals surface area contributed by atoms with Gasteiger partial charge in [-0.15, -0.1) is 22.7 Å². The maximum absolute atomic E-state index is 7.19. The molecule has 0 fully saturated rings. The Labute approximate surface area is 812 Å². The van der Waals surface area contributed by atoms with Crippen molar-refractivity contribution in [1.29, 1.82) is 0 Å². The predicted octanol–water partition coefficient (Wildman–Crippen LogP) is 39.2. The monoisotopic (exact) mass is 1820 g/mol. The van der Waals surface area contributed by atoms with Gasteiger partial charge < -0.3 is 37.3 Å². The second-order valence-electron chi connectivity index (χ2n) is 35.9. The van der Waals surface area contributed by atoms with Gasteiger partial charge in [-0.1, -0.05) is 334 Å². The summed E-state index contributed by atoms with van der Waals surface area (Å²) >= 11 is 3.74. The van der Waals surface area contributed by atoms with Gasteiger partial charge in [-0.3, -0.25) is 0 Å². The summed E-state index contributed by atoms with van der Waals surface area (Å²) in [5.74, 6) is 0. The zero-order chi connectivity index (χ0) is 92.0. The van der Waals surface area contributed by atoms with Crippen LogP contribution in [0.2, 0.25) is 0 Å². The van der Waals surface area contributed by atoms with Gasteiger partial charge in [0.2, 0.25) is 0 Å². The van der Waals surface area contributed by atoms with Crippen LogP contribution in [-0.4, -0.2) is 0 Å². The number of anilines is 12. The van der Waals surface area contributed by atoms with Crippen molar-refractivity contribution < 1.29 is 17.7 Å². The van der Waals surface area contributed by atoms with Gasteiger partial charge in [0.15, 0.2) is 11.2 Å². The van der Waals surface area contributed by atoms with Crippen LogP contribution in [0.5, 0.6) is 0 Å². The van der Waals surface area contributed by atoms with Crippen LogP contribution in [0.4, 0.5) is 68.2 Å². The summed E-state index contributed by atoms with van der Waals surface area (Å²) in [6.07, 6.45) is 0. The Morgan fingerprint density at radius 3 is 0.907 bits per heavy atom. The molecule has 0 unspecified atom stereocenters. The van der Waals surface area contributed by atoms with Gasteiger partial charge in [-0.05, 0) is 189 Å². The van der Waals surface area contributed by atoms with Crippen molar-refractivity contribution >= 4 is 262 Å². The molecule has 23 aromatic carbocycles. The molecule has 0 aliphatic rings. The molecule has 29 aromatic rings. The van der Waals surface area contributed by atoms with Crippen molar-refractivity contribution in [2.24, 2.45) is 0 Å². The van der Waals surface area contributed by atoms with E-state index in [1.165, 1.54) is 83.4 Å². The van der Waals surface area contributed by atoms with Crippen molar-refractivity contribution in [1.82, 2.24) is 0 Å². The average molecular weight is 1830 g/mol. The van der Waals surface area contributed by atoms with Crippen molar-refractivity contribution in [2.45, 2.75) is 0 Å². The van der Waals surface area contributed by atoms with Gasteiger partial charge in [0, 0.05) is 169 Å². The zero-order valence-corrected chi connectivity index (χ0v) is 77.1. The zero-order valence-electron chi connectivity index (χ0n) is 75.4. The molecule has 0 spiro atoms. The Morgan fingerprint density at radius 2 is 0.443 bits per heavy atom. The highest BCUT2D eigenvalue weighted by molar-refractivity contribution is 7.27. The number of benzene rings is 23. The van der Waals surface area contributed by atoms with Crippen LogP contribution in [0, 0.1) is 0 Å². The van der Waals surface area contributed by atoms with Crippen LogP contribution in [0.1, 0.15) is 0 Å². The highest BCUT2D eigenvalue weighted by Crippen LogP contribution is 2.55.